The van der Waals surface area contributed by atoms with Crippen molar-refractivity contribution in [1.82, 2.24) is 29.7 Å². The van der Waals surface area contributed by atoms with Crippen molar-refractivity contribution in [3.8, 4) is 0 Å². The molecule has 2 aliphatic rings. The monoisotopic (exact) mass is 398 g/mol. The normalized spacial score (nSPS) is 19.0. The lowest BCUT2D eigenvalue weighted by atomic mass is 9.85. The topological polar surface area (TPSA) is 95.9 Å². The molecule has 2 fully saturated rings. The number of aromatic amines is 1. The van der Waals surface area contributed by atoms with Crippen LogP contribution >= 0.6 is 0 Å². The summed E-state index contributed by atoms with van der Waals surface area (Å²) in [5, 5.41) is 2.80. The summed E-state index contributed by atoms with van der Waals surface area (Å²) in [7, 11) is 0. The summed E-state index contributed by atoms with van der Waals surface area (Å²) in [5.41, 5.74) is 0.838. The molecule has 1 aliphatic heterocycles. The van der Waals surface area contributed by atoms with Gasteiger partial charge >= 0.3 is 0 Å². The Bertz CT molecular complexity index is 818. The molecule has 8 heteroatoms. The van der Waals surface area contributed by atoms with Crippen molar-refractivity contribution in [2.24, 2.45) is 5.92 Å². The van der Waals surface area contributed by atoms with Gasteiger partial charge < -0.3 is 19.8 Å². The first-order chi connectivity index (χ1) is 14.1. The minimum Gasteiger partial charge on any atom is -0.348 e. The molecule has 3 heterocycles. The van der Waals surface area contributed by atoms with Gasteiger partial charge in [0.05, 0.1) is 6.33 Å². The lowest BCUT2D eigenvalue weighted by molar-refractivity contribution is -0.137. The van der Waals surface area contributed by atoms with Crippen molar-refractivity contribution in [3.63, 3.8) is 0 Å². The second-order valence-corrected chi connectivity index (χ2v) is 8.37. The van der Waals surface area contributed by atoms with Gasteiger partial charge in [-0.15, -0.1) is 0 Å². The number of aromatic nitrogens is 4. The molecule has 0 bridgehead atoms. The lowest BCUT2D eigenvalue weighted by Gasteiger charge is -2.35. The van der Waals surface area contributed by atoms with Gasteiger partial charge in [-0.1, -0.05) is 6.42 Å². The number of likely N-dealkylation sites (tertiary alicyclic amines) is 1. The Kier molecular flexibility index (Phi) is 5.97. The number of nitrogens with zero attached hydrogens (tertiary/aromatic N) is 4. The van der Waals surface area contributed by atoms with E-state index in [9.17, 15) is 9.59 Å². The predicted octanol–water partition coefficient (Wildman–Crippen LogP) is 1.86. The summed E-state index contributed by atoms with van der Waals surface area (Å²) in [5.74, 6) is 2.13. The van der Waals surface area contributed by atoms with Crippen LogP contribution in [0.5, 0.6) is 0 Å². The van der Waals surface area contributed by atoms with Crippen molar-refractivity contribution >= 4 is 11.8 Å². The molecule has 4 rings (SSSR count). The van der Waals surface area contributed by atoms with Crippen LogP contribution in [0.2, 0.25) is 0 Å². The maximum Gasteiger partial charge on any atom is 0.245 e. The molecular formula is C21H30N6O2. The van der Waals surface area contributed by atoms with E-state index >= 15 is 0 Å². The molecular weight excluding hydrogens is 368 g/mol. The van der Waals surface area contributed by atoms with Gasteiger partial charge in [0, 0.05) is 63.2 Å². The van der Waals surface area contributed by atoms with Crippen LogP contribution in [-0.2, 0) is 22.6 Å². The average molecular weight is 399 g/mol. The number of H-pyrrole nitrogens is 1. The minimum atomic E-state index is -0.565. The van der Waals surface area contributed by atoms with Gasteiger partial charge in [0.2, 0.25) is 11.8 Å². The van der Waals surface area contributed by atoms with Gasteiger partial charge in [-0.25, -0.2) is 9.97 Å². The number of carbonyl (C=O) groups excluding carboxylic acids is 2. The van der Waals surface area contributed by atoms with E-state index < -0.39 is 6.04 Å². The number of hydrogen-bond donors (Lipinski definition) is 2. The molecule has 2 aromatic heterocycles. The molecule has 0 spiro atoms. The van der Waals surface area contributed by atoms with E-state index in [2.05, 4.69) is 31.0 Å². The molecule has 2 amide bonds. The van der Waals surface area contributed by atoms with Crippen LogP contribution in [-0.4, -0.2) is 55.4 Å². The fourth-order valence-electron chi connectivity index (χ4n) is 4.43. The summed E-state index contributed by atoms with van der Waals surface area (Å²) in [6.45, 7) is 3.91. The summed E-state index contributed by atoms with van der Waals surface area (Å²) < 4.78 is 2.32. The highest BCUT2D eigenvalue weighted by Gasteiger charge is 2.31. The quantitative estimate of drug-likeness (QED) is 0.744. The van der Waals surface area contributed by atoms with E-state index in [-0.39, 0.29) is 11.8 Å². The summed E-state index contributed by atoms with van der Waals surface area (Å²) >= 11 is 0. The Labute approximate surface area is 171 Å². The molecule has 2 N–H and O–H groups in total. The maximum absolute atomic E-state index is 13.1. The van der Waals surface area contributed by atoms with Gasteiger partial charge in [-0.3, -0.25) is 9.59 Å². The largest absolute Gasteiger partial charge is 0.348 e. The van der Waals surface area contributed by atoms with E-state index in [1.165, 1.54) is 32.0 Å². The third kappa shape index (κ3) is 4.68. The molecule has 1 atom stereocenters. The molecule has 8 nitrogen and oxygen atoms in total. The molecule has 156 valence electrons. The van der Waals surface area contributed by atoms with Crippen LogP contribution in [0.25, 0.3) is 0 Å². The number of piperidine rings is 1. The molecule has 1 aliphatic carbocycles. The van der Waals surface area contributed by atoms with Crippen molar-refractivity contribution < 1.29 is 9.59 Å². The van der Waals surface area contributed by atoms with Crippen LogP contribution in [0.15, 0.2) is 24.9 Å². The fourth-order valence-corrected chi connectivity index (χ4v) is 4.43. The highest BCUT2D eigenvalue weighted by molar-refractivity contribution is 5.87. The van der Waals surface area contributed by atoms with Gasteiger partial charge in [-0.2, -0.15) is 0 Å². The first kappa shape index (κ1) is 19.7. The van der Waals surface area contributed by atoms with Gasteiger partial charge in [0.25, 0.3) is 0 Å². The van der Waals surface area contributed by atoms with Crippen molar-refractivity contribution in [3.05, 3.63) is 36.4 Å². The Morgan fingerprint density at radius 3 is 2.69 bits per heavy atom. The number of amides is 2. The predicted molar refractivity (Wildman–Crippen MR) is 108 cm³/mol. The Morgan fingerprint density at radius 1 is 1.28 bits per heavy atom. The summed E-state index contributed by atoms with van der Waals surface area (Å²) in [4.78, 5) is 38.2. The zero-order chi connectivity index (χ0) is 20.2. The Balaban J connectivity index is 1.36. The van der Waals surface area contributed by atoms with E-state index in [4.69, 9.17) is 0 Å². The number of nitrogens with one attached hydrogen (secondary N) is 2. The highest BCUT2D eigenvalue weighted by atomic mass is 16.2. The van der Waals surface area contributed by atoms with Gasteiger partial charge in [0.15, 0.2) is 0 Å². The van der Waals surface area contributed by atoms with E-state index in [1.807, 2.05) is 11.1 Å². The standard InChI is InChI=1S/C21H30N6O2/c1-15(28)25-19(11-18-12-22-14-24-18)21(29)26-8-5-17(6-9-26)20-23-7-10-27(20)13-16-3-2-4-16/h7,10,12,14,16-17,19H,2-6,8-9,11,13H2,1H3,(H,22,24)(H,25,28)/t19-/m0/s1. The van der Waals surface area contributed by atoms with Gasteiger partial charge in [0.1, 0.15) is 11.9 Å². The summed E-state index contributed by atoms with van der Waals surface area (Å²) in [6.07, 6.45) is 13.5. The Hall–Kier alpha value is -2.64. The second kappa shape index (κ2) is 8.80. The van der Waals surface area contributed by atoms with Crippen LogP contribution in [0.1, 0.15) is 56.5 Å². The van der Waals surface area contributed by atoms with Gasteiger partial charge in [-0.05, 0) is 31.6 Å². The van der Waals surface area contributed by atoms with Crippen LogP contribution in [0, 0.1) is 5.92 Å². The molecule has 29 heavy (non-hydrogen) atoms. The second-order valence-electron chi connectivity index (χ2n) is 8.37. The molecule has 0 radical (unpaired) electrons. The third-order valence-corrected chi connectivity index (χ3v) is 6.25. The van der Waals surface area contributed by atoms with Crippen LogP contribution in [0.3, 0.4) is 0 Å². The number of imidazole rings is 2. The first-order valence-corrected chi connectivity index (χ1v) is 10.6. The maximum atomic E-state index is 13.1. The SMILES string of the molecule is CC(=O)N[C@@H](Cc1cnc[nH]1)C(=O)N1CCC(c2nccn2CC2CCC2)CC1. The third-order valence-electron chi connectivity index (χ3n) is 6.25. The van der Waals surface area contributed by atoms with E-state index in [1.54, 1.807) is 12.5 Å². The molecule has 0 unspecified atom stereocenters. The number of rotatable bonds is 7. The van der Waals surface area contributed by atoms with E-state index in [0.29, 0.717) is 25.4 Å². The van der Waals surface area contributed by atoms with E-state index in [0.717, 1.165) is 31.0 Å². The smallest absolute Gasteiger partial charge is 0.245 e. The zero-order valence-corrected chi connectivity index (χ0v) is 17.0. The van der Waals surface area contributed by atoms with Crippen LogP contribution in [0.4, 0.5) is 0 Å². The lowest BCUT2D eigenvalue weighted by Crippen LogP contribution is -2.51. The summed E-state index contributed by atoms with van der Waals surface area (Å²) in [6, 6.07) is -0.565. The number of carbonyl (C=O) groups is 2. The van der Waals surface area contributed by atoms with Crippen LogP contribution < -0.4 is 5.32 Å². The van der Waals surface area contributed by atoms with Crippen molar-refractivity contribution in [2.75, 3.05) is 13.1 Å². The minimum absolute atomic E-state index is 0.0222. The Morgan fingerprint density at radius 2 is 2.07 bits per heavy atom. The molecule has 2 aromatic rings. The molecule has 1 saturated carbocycles. The highest BCUT2D eigenvalue weighted by Crippen LogP contribution is 2.31. The molecule has 1 saturated heterocycles. The fraction of sp³-hybridized carbons (Fsp3) is 0.619. The number of hydrogen-bond acceptors (Lipinski definition) is 4. The first-order valence-electron chi connectivity index (χ1n) is 10.6. The average Bonchev–Trinajstić information content (AvgIpc) is 3.35. The molecule has 0 aromatic carbocycles. The van der Waals surface area contributed by atoms with Crippen molar-refractivity contribution in [1.29, 1.82) is 0 Å². The van der Waals surface area contributed by atoms with Crippen molar-refractivity contribution in [2.45, 2.75) is 64.0 Å². The zero-order valence-electron chi connectivity index (χ0n) is 17.0.